The molecule has 1 fully saturated rings. The molecule has 0 spiro atoms. The first kappa shape index (κ1) is 22.6. The van der Waals surface area contributed by atoms with Crippen molar-refractivity contribution < 1.29 is 4.74 Å². The van der Waals surface area contributed by atoms with E-state index in [-0.39, 0.29) is 30.1 Å². The molecule has 0 saturated carbocycles. The van der Waals surface area contributed by atoms with Crippen LogP contribution in [0.4, 0.5) is 0 Å². The summed E-state index contributed by atoms with van der Waals surface area (Å²) in [5.41, 5.74) is 4.95. The van der Waals surface area contributed by atoms with Crippen LogP contribution in [0.3, 0.4) is 0 Å². The number of aromatic nitrogens is 3. The van der Waals surface area contributed by atoms with E-state index in [4.69, 9.17) is 9.73 Å². The molecule has 1 unspecified atom stereocenters. The molecule has 1 aromatic carbocycles. The number of hydrogen-bond acceptors (Lipinski definition) is 3. The van der Waals surface area contributed by atoms with Crippen molar-refractivity contribution in [2.24, 2.45) is 12.0 Å². The van der Waals surface area contributed by atoms with E-state index in [1.54, 1.807) is 0 Å². The summed E-state index contributed by atoms with van der Waals surface area (Å²) in [5.74, 6) is 0.959. The molecule has 0 aliphatic carbocycles. The number of nitrogens with one attached hydrogen (secondary N) is 2. The molecule has 7 nitrogen and oxygen atoms in total. The van der Waals surface area contributed by atoms with Gasteiger partial charge in [-0.3, -0.25) is 9.67 Å². The first-order chi connectivity index (χ1) is 14.2. The zero-order chi connectivity index (χ0) is 20.2. The standard InChI is InChI=1S/C22H30N6O.HI/c1-4-23-22(28-10-11-29-20(15-28)18-13-26-27(3)14-18)24-9-8-17-12-25-19-7-5-6-16(2)21(17)19;/h5-7,12-14,20,25H,4,8-11,15H2,1-3H3,(H,23,24);1H. The zero-order valence-corrected chi connectivity index (χ0v) is 20.2. The van der Waals surface area contributed by atoms with E-state index in [2.05, 4.69) is 58.5 Å². The summed E-state index contributed by atoms with van der Waals surface area (Å²) in [6, 6.07) is 6.39. The number of halogens is 1. The van der Waals surface area contributed by atoms with Crippen molar-refractivity contribution in [3.8, 4) is 0 Å². The third-order valence-electron chi connectivity index (χ3n) is 5.44. The fourth-order valence-electron chi connectivity index (χ4n) is 4.01. The topological polar surface area (TPSA) is 70.5 Å². The van der Waals surface area contributed by atoms with Crippen molar-refractivity contribution in [1.82, 2.24) is 25.0 Å². The Morgan fingerprint density at radius 2 is 2.27 bits per heavy atom. The number of aryl methyl sites for hydroxylation is 2. The zero-order valence-electron chi connectivity index (χ0n) is 17.9. The predicted octanol–water partition coefficient (Wildman–Crippen LogP) is 3.41. The van der Waals surface area contributed by atoms with E-state index in [0.29, 0.717) is 6.61 Å². The van der Waals surface area contributed by atoms with Crippen LogP contribution < -0.4 is 5.32 Å². The molecular weight excluding hydrogens is 491 g/mol. The lowest BCUT2D eigenvalue weighted by Crippen LogP contribution is -2.48. The average molecular weight is 522 g/mol. The number of benzene rings is 1. The van der Waals surface area contributed by atoms with Crippen molar-refractivity contribution in [3.05, 3.63) is 53.5 Å². The number of hydrogen-bond donors (Lipinski definition) is 2. The first-order valence-electron chi connectivity index (χ1n) is 10.3. The second-order valence-electron chi connectivity index (χ2n) is 7.55. The Morgan fingerprint density at radius 3 is 3.03 bits per heavy atom. The fraction of sp³-hybridized carbons (Fsp3) is 0.455. The molecule has 162 valence electrons. The quantitative estimate of drug-likeness (QED) is 0.306. The fourth-order valence-corrected chi connectivity index (χ4v) is 4.01. The van der Waals surface area contributed by atoms with Gasteiger partial charge in [-0.1, -0.05) is 12.1 Å². The molecule has 3 aromatic rings. The van der Waals surface area contributed by atoms with Gasteiger partial charge >= 0.3 is 0 Å². The van der Waals surface area contributed by atoms with Crippen LogP contribution in [-0.4, -0.2) is 58.4 Å². The lowest BCUT2D eigenvalue weighted by molar-refractivity contribution is -0.00803. The van der Waals surface area contributed by atoms with Gasteiger partial charge in [0, 0.05) is 55.5 Å². The minimum atomic E-state index is 0. The van der Waals surface area contributed by atoms with Gasteiger partial charge in [0.25, 0.3) is 0 Å². The van der Waals surface area contributed by atoms with Crippen LogP contribution in [0.2, 0.25) is 0 Å². The smallest absolute Gasteiger partial charge is 0.194 e. The van der Waals surface area contributed by atoms with E-state index in [9.17, 15) is 0 Å². The van der Waals surface area contributed by atoms with Crippen LogP contribution >= 0.6 is 24.0 Å². The van der Waals surface area contributed by atoms with Crippen LogP contribution in [0.5, 0.6) is 0 Å². The first-order valence-corrected chi connectivity index (χ1v) is 10.3. The maximum Gasteiger partial charge on any atom is 0.194 e. The van der Waals surface area contributed by atoms with E-state index in [1.807, 2.05) is 24.1 Å². The molecule has 1 atom stereocenters. The Balaban J connectivity index is 0.00000256. The molecule has 1 saturated heterocycles. The number of aliphatic imine (C=N–C) groups is 1. The minimum absolute atomic E-state index is 0. The Morgan fingerprint density at radius 1 is 1.40 bits per heavy atom. The molecule has 4 rings (SSSR count). The van der Waals surface area contributed by atoms with Gasteiger partial charge in [-0.2, -0.15) is 5.10 Å². The highest BCUT2D eigenvalue weighted by molar-refractivity contribution is 14.0. The summed E-state index contributed by atoms with van der Waals surface area (Å²) in [6.45, 7) is 8.18. The number of nitrogens with zero attached hydrogens (tertiary/aromatic N) is 4. The number of rotatable bonds is 5. The molecule has 30 heavy (non-hydrogen) atoms. The Bertz CT molecular complexity index is 995. The van der Waals surface area contributed by atoms with Gasteiger partial charge in [0.1, 0.15) is 6.10 Å². The van der Waals surface area contributed by atoms with Gasteiger partial charge in [0.2, 0.25) is 0 Å². The summed E-state index contributed by atoms with van der Waals surface area (Å²) in [6.07, 6.45) is 6.97. The molecular formula is C22H31IN6O. The normalized spacial score (nSPS) is 17.2. The SMILES string of the molecule is CCNC(=NCCc1c[nH]c2cccc(C)c12)N1CCOC(c2cnn(C)c2)C1.I. The molecule has 3 heterocycles. The highest BCUT2D eigenvalue weighted by Crippen LogP contribution is 2.23. The highest BCUT2D eigenvalue weighted by atomic mass is 127. The number of H-pyrrole nitrogens is 1. The summed E-state index contributed by atoms with van der Waals surface area (Å²) in [4.78, 5) is 10.6. The maximum atomic E-state index is 5.98. The van der Waals surface area contributed by atoms with Crippen LogP contribution in [0, 0.1) is 6.92 Å². The van der Waals surface area contributed by atoms with E-state index >= 15 is 0 Å². The van der Waals surface area contributed by atoms with Gasteiger partial charge in [-0.05, 0) is 37.5 Å². The highest BCUT2D eigenvalue weighted by Gasteiger charge is 2.25. The number of ether oxygens (including phenoxy) is 1. The van der Waals surface area contributed by atoms with Gasteiger partial charge < -0.3 is 19.9 Å². The maximum absolute atomic E-state index is 5.98. The summed E-state index contributed by atoms with van der Waals surface area (Å²) in [7, 11) is 1.93. The van der Waals surface area contributed by atoms with Crippen LogP contribution in [0.15, 0.2) is 41.8 Å². The van der Waals surface area contributed by atoms with Crippen molar-refractivity contribution >= 4 is 40.8 Å². The van der Waals surface area contributed by atoms with E-state index < -0.39 is 0 Å². The second-order valence-corrected chi connectivity index (χ2v) is 7.55. The largest absolute Gasteiger partial charge is 0.370 e. The Hall–Kier alpha value is -2.07. The lowest BCUT2D eigenvalue weighted by atomic mass is 10.1. The summed E-state index contributed by atoms with van der Waals surface area (Å²) in [5, 5.41) is 9.06. The molecule has 2 N–H and O–H groups in total. The summed E-state index contributed by atoms with van der Waals surface area (Å²) < 4.78 is 7.80. The van der Waals surface area contributed by atoms with Crippen molar-refractivity contribution in [2.75, 3.05) is 32.8 Å². The van der Waals surface area contributed by atoms with Crippen LogP contribution in [0.25, 0.3) is 10.9 Å². The van der Waals surface area contributed by atoms with Crippen LogP contribution in [-0.2, 0) is 18.2 Å². The monoisotopic (exact) mass is 522 g/mol. The van der Waals surface area contributed by atoms with Gasteiger partial charge in [0.15, 0.2) is 5.96 Å². The number of guanidine groups is 1. The molecule has 0 amide bonds. The van der Waals surface area contributed by atoms with Gasteiger partial charge in [-0.25, -0.2) is 0 Å². The molecule has 1 aliphatic rings. The van der Waals surface area contributed by atoms with Crippen molar-refractivity contribution in [1.29, 1.82) is 0 Å². The van der Waals surface area contributed by atoms with Gasteiger partial charge in [-0.15, -0.1) is 24.0 Å². The molecule has 0 radical (unpaired) electrons. The van der Waals surface area contributed by atoms with E-state index in [0.717, 1.165) is 44.1 Å². The minimum Gasteiger partial charge on any atom is -0.370 e. The molecule has 0 bridgehead atoms. The van der Waals surface area contributed by atoms with E-state index in [1.165, 1.54) is 22.0 Å². The summed E-state index contributed by atoms with van der Waals surface area (Å²) >= 11 is 0. The second kappa shape index (κ2) is 10.3. The third kappa shape index (κ3) is 4.97. The number of aromatic amines is 1. The molecule has 8 heteroatoms. The number of fused-ring (bicyclic) bond motifs is 1. The molecule has 2 aromatic heterocycles. The van der Waals surface area contributed by atoms with Crippen molar-refractivity contribution in [2.45, 2.75) is 26.4 Å². The van der Waals surface area contributed by atoms with Crippen molar-refractivity contribution in [3.63, 3.8) is 0 Å². The number of morpholine rings is 1. The molecule has 1 aliphatic heterocycles. The lowest BCUT2D eigenvalue weighted by Gasteiger charge is -2.34. The predicted molar refractivity (Wildman–Crippen MR) is 132 cm³/mol. The van der Waals surface area contributed by atoms with Crippen LogP contribution in [0.1, 0.15) is 29.7 Å². The Labute approximate surface area is 194 Å². The van der Waals surface area contributed by atoms with Gasteiger partial charge in [0.05, 0.1) is 19.3 Å². The Kier molecular flexibility index (Phi) is 7.76. The third-order valence-corrected chi connectivity index (χ3v) is 5.44. The average Bonchev–Trinajstić information content (AvgIpc) is 3.35.